The van der Waals surface area contributed by atoms with E-state index in [2.05, 4.69) is 20.7 Å². The number of H-pyrrole nitrogens is 1. The molecule has 1 aromatic heterocycles. The lowest BCUT2D eigenvalue weighted by atomic mass is 10.1. The molecule has 0 aliphatic heterocycles. The number of hydrogen-bond donors (Lipinski definition) is 2. The van der Waals surface area contributed by atoms with Crippen LogP contribution in [-0.4, -0.2) is 27.2 Å². The van der Waals surface area contributed by atoms with Crippen LogP contribution in [0.3, 0.4) is 0 Å². The van der Waals surface area contributed by atoms with Gasteiger partial charge in [0.2, 0.25) is 0 Å². The Labute approximate surface area is 148 Å². The summed E-state index contributed by atoms with van der Waals surface area (Å²) in [6, 6.07) is 15.5. The van der Waals surface area contributed by atoms with Crippen LogP contribution < -0.4 is 5.43 Å². The van der Waals surface area contributed by atoms with Gasteiger partial charge in [0.1, 0.15) is 5.69 Å². The normalized spacial score (nSPS) is 10.8. The Balaban J connectivity index is 1.70. The van der Waals surface area contributed by atoms with Gasteiger partial charge < -0.3 is 0 Å². The molecule has 26 heavy (non-hydrogen) atoms. The number of hydrogen-bond acceptors (Lipinski definition) is 5. The number of carbonyl (C=O) groups excluding carboxylic acids is 1. The molecule has 3 aromatic rings. The van der Waals surface area contributed by atoms with Crippen LogP contribution in [0.5, 0.6) is 0 Å². The first-order chi connectivity index (χ1) is 12.5. The Morgan fingerprint density at radius 3 is 2.69 bits per heavy atom. The maximum absolute atomic E-state index is 12.1. The zero-order valence-corrected chi connectivity index (χ0v) is 13.8. The zero-order chi connectivity index (χ0) is 18.5. The van der Waals surface area contributed by atoms with Crippen molar-refractivity contribution in [2.24, 2.45) is 5.10 Å². The second-order valence-corrected chi connectivity index (χ2v) is 5.55. The molecule has 8 nitrogen and oxygen atoms in total. The fraction of sp³-hybridized carbons (Fsp3) is 0.0556. The standard InChI is InChI=1S/C18H15N5O3/c1-12-6-8-13(9-7-12)15-10-16(21-20-15)18(24)22-19-11-14-4-2-3-5-17(14)23(25)26/h2-11H,1H3,(H,20,21)(H,22,24)/b19-11+. The van der Waals surface area contributed by atoms with Gasteiger partial charge in [0.05, 0.1) is 22.4 Å². The van der Waals surface area contributed by atoms with Crippen LogP contribution in [0.25, 0.3) is 11.3 Å². The average molecular weight is 349 g/mol. The zero-order valence-electron chi connectivity index (χ0n) is 13.8. The molecule has 0 saturated heterocycles. The van der Waals surface area contributed by atoms with Gasteiger partial charge in [-0.2, -0.15) is 10.2 Å². The van der Waals surface area contributed by atoms with Gasteiger partial charge in [-0.05, 0) is 19.1 Å². The smallest absolute Gasteiger partial charge is 0.272 e. The number of aromatic amines is 1. The number of nitrogens with zero attached hydrogens (tertiary/aromatic N) is 3. The van der Waals surface area contributed by atoms with Gasteiger partial charge in [0, 0.05) is 11.6 Å². The number of amides is 1. The predicted molar refractivity (Wildman–Crippen MR) is 96.9 cm³/mol. The molecule has 130 valence electrons. The minimum atomic E-state index is -0.508. The third kappa shape index (κ3) is 3.81. The number of benzene rings is 2. The second kappa shape index (κ2) is 7.39. The fourth-order valence-electron chi connectivity index (χ4n) is 2.29. The fourth-order valence-corrected chi connectivity index (χ4v) is 2.29. The molecule has 0 aliphatic rings. The van der Waals surface area contributed by atoms with Crippen LogP contribution in [-0.2, 0) is 0 Å². The molecular formula is C18H15N5O3. The Kier molecular flexibility index (Phi) is 4.84. The van der Waals surface area contributed by atoms with Crippen molar-refractivity contribution in [3.05, 3.63) is 81.5 Å². The Morgan fingerprint density at radius 2 is 1.96 bits per heavy atom. The first-order valence-corrected chi connectivity index (χ1v) is 7.74. The van der Waals surface area contributed by atoms with E-state index in [-0.39, 0.29) is 11.4 Å². The van der Waals surface area contributed by atoms with Gasteiger partial charge in [-0.1, -0.05) is 42.0 Å². The van der Waals surface area contributed by atoms with Crippen LogP contribution in [0, 0.1) is 17.0 Å². The van der Waals surface area contributed by atoms with Gasteiger partial charge in [-0.15, -0.1) is 0 Å². The highest BCUT2D eigenvalue weighted by molar-refractivity contribution is 5.94. The van der Waals surface area contributed by atoms with Crippen molar-refractivity contribution >= 4 is 17.8 Å². The first-order valence-electron chi connectivity index (χ1n) is 7.74. The third-order valence-electron chi connectivity index (χ3n) is 3.67. The average Bonchev–Trinajstić information content (AvgIpc) is 3.13. The summed E-state index contributed by atoms with van der Waals surface area (Å²) >= 11 is 0. The summed E-state index contributed by atoms with van der Waals surface area (Å²) in [6.45, 7) is 1.99. The minimum absolute atomic E-state index is 0.0892. The van der Waals surface area contributed by atoms with Crippen molar-refractivity contribution in [1.29, 1.82) is 0 Å². The van der Waals surface area contributed by atoms with Crippen molar-refractivity contribution in [1.82, 2.24) is 15.6 Å². The Morgan fingerprint density at radius 1 is 1.23 bits per heavy atom. The number of para-hydroxylation sites is 1. The number of carbonyl (C=O) groups is 1. The molecule has 0 unspecified atom stereocenters. The molecule has 1 heterocycles. The minimum Gasteiger partial charge on any atom is -0.272 e. The summed E-state index contributed by atoms with van der Waals surface area (Å²) in [4.78, 5) is 22.6. The molecular weight excluding hydrogens is 334 g/mol. The molecule has 2 aromatic carbocycles. The maximum Gasteiger partial charge on any atom is 0.289 e. The largest absolute Gasteiger partial charge is 0.289 e. The lowest BCUT2D eigenvalue weighted by Crippen LogP contribution is -2.18. The topological polar surface area (TPSA) is 113 Å². The highest BCUT2D eigenvalue weighted by atomic mass is 16.6. The van der Waals surface area contributed by atoms with E-state index in [1.54, 1.807) is 24.3 Å². The van der Waals surface area contributed by atoms with E-state index in [1.807, 2.05) is 31.2 Å². The van der Waals surface area contributed by atoms with Crippen LogP contribution >= 0.6 is 0 Å². The molecule has 0 bridgehead atoms. The summed E-state index contributed by atoms with van der Waals surface area (Å²) in [7, 11) is 0. The molecule has 2 N–H and O–H groups in total. The van der Waals surface area contributed by atoms with E-state index in [4.69, 9.17) is 0 Å². The highest BCUT2D eigenvalue weighted by Gasteiger charge is 2.12. The molecule has 0 fully saturated rings. The Bertz CT molecular complexity index is 977. The van der Waals surface area contributed by atoms with E-state index in [1.165, 1.54) is 12.3 Å². The van der Waals surface area contributed by atoms with E-state index >= 15 is 0 Å². The summed E-state index contributed by atoms with van der Waals surface area (Å²) in [6.07, 6.45) is 1.23. The van der Waals surface area contributed by atoms with Crippen molar-refractivity contribution < 1.29 is 9.72 Å². The molecule has 0 aliphatic carbocycles. The summed E-state index contributed by atoms with van der Waals surface area (Å²) < 4.78 is 0. The SMILES string of the molecule is Cc1ccc(-c2cc(C(=O)N/N=C/c3ccccc3[N+](=O)[O-])[nH]n2)cc1. The number of nitro benzene ring substituents is 1. The van der Waals surface area contributed by atoms with Crippen LogP contribution in [0.15, 0.2) is 59.7 Å². The molecule has 0 spiro atoms. The number of rotatable bonds is 5. The number of nitro groups is 1. The van der Waals surface area contributed by atoms with Crippen molar-refractivity contribution in [3.63, 3.8) is 0 Å². The van der Waals surface area contributed by atoms with Gasteiger partial charge in [-0.25, -0.2) is 5.43 Å². The molecule has 0 saturated carbocycles. The van der Waals surface area contributed by atoms with Crippen molar-refractivity contribution in [2.75, 3.05) is 0 Å². The monoisotopic (exact) mass is 349 g/mol. The van der Waals surface area contributed by atoms with E-state index in [9.17, 15) is 14.9 Å². The van der Waals surface area contributed by atoms with Crippen molar-refractivity contribution in [3.8, 4) is 11.3 Å². The molecule has 1 amide bonds. The van der Waals surface area contributed by atoms with Crippen LogP contribution in [0.2, 0.25) is 0 Å². The number of aromatic nitrogens is 2. The van der Waals surface area contributed by atoms with Gasteiger partial charge in [-0.3, -0.25) is 20.0 Å². The van der Waals surface area contributed by atoms with Gasteiger partial charge in [0.25, 0.3) is 11.6 Å². The molecule has 0 radical (unpaired) electrons. The van der Waals surface area contributed by atoms with Crippen molar-refractivity contribution in [2.45, 2.75) is 6.92 Å². The summed E-state index contributed by atoms with van der Waals surface area (Å²) in [5, 5.41) is 21.5. The van der Waals surface area contributed by atoms with E-state index in [0.29, 0.717) is 11.3 Å². The molecule has 0 atom stereocenters. The summed E-state index contributed by atoms with van der Waals surface area (Å²) in [5.41, 5.74) is 5.42. The lowest BCUT2D eigenvalue weighted by molar-refractivity contribution is -0.385. The lowest BCUT2D eigenvalue weighted by Gasteiger charge is -1.97. The molecule has 8 heteroatoms. The van der Waals surface area contributed by atoms with Crippen LogP contribution in [0.1, 0.15) is 21.6 Å². The first kappa shape index (κ1) is 17.0. The number of hydrazone groups is 1. The predicted octanol–water partition coefficient (Wildman–Crippen LogP) is 3.06. The van der Waals surface area contributed by atoms with E-state index in [0.717, 1.165) is 11.1 Å². The maximum atomic E-state index is 12.1. The third-order valence-corrected chi connectivity index (χ3v) is 3.67. The Hall–Kier alpha value is -3.81. The summed E-state index contributed by atoms with van der Waals surface area (Å²) in [5.74, 6) is -0.495. The van der Waals surface area contributed by atoms with Gasteiger partial charge in [0.15, 0.2) is 0 Å². The van der Waals surface area contributed by atoms with Crippen LogP contribution in [0.4, 0.5) is 5.69 Å². The van der Waals surface area contributed by atoms with Gasteiger partial charge >= 0.3 is 0 Å². The number of nitrogens with one attached hydrogen (secondary N) is 2. The quantitative estimate of drug-likeness (QED) is 0.418. The van der Waals surface area contributed by atoms with E-state index < -0.39 is 10.8 Å². The second-order valence-electron chi connectivity index (χ2n) is 5.55. The molecule has 3 rings (SSSR count). The highest BCUT2D eigenvalue weighted by Crippen LogP contribution is 2.18. The number of aryl methyl sites for hydroxylation is 1.